The molecule has 0 aromatic heterocycles. The van der Waals surface area contributed by atoms with Crippen LogP contribution in [0.5, 0.6) is 0 Å². The molecule has 0 saturated heterocycles. The van der Waals surface area contributed by atoms with Crippen molar-refractivity contribution < 1.29 is 22.0 Å². The van der Waals surface area contributed by atoms with Crippen LogP contribution in [0.15, 0.2) is 47.4 Å². The lowest BCUT2D eigenvalue weighted by Crippen LogP contribution is -2.27. The van der Waals surface area contributed by atoms with Gasteiger partial charge < -0.3 is 5.32 Å². The minimum atomic E-state index is -3.77. The topological polar surface area (TPSA) is 66.5 Å². The molecule has 0 unspecified atom stereocenters. The quantitative estimate of drug-likeness (QED) is 0.850. The van der Waals surface area contributed by atoms with Crippen LogP contribution >= 0.6 is 0 Å². The minimum absolute atomic E-state index is 0.159. The number of benzene rings is 2. The number of nitrogens with one attached hydrogen (secondary N) is 1. The van der Waals surface area contributed by atoms with Gasteiger partial charge in [0.25, 0.3) is 5.91 Å². The number of rotatable bonds is 6. The number of amides is 1. The number of nitrogens with zero attached hydrogens (tertiary/aromatic N) is 1. The summed E-state index contributed by atoms with van der Waals surface area (Å²) in [5.41, 5.74) is 0.326. The van der Waals surface area contributed by atoms with Crippen molar-refractivity contribution in [3.63, 3.8) is 0 Å². The van der Waals surface area contributed by atoms with E-state index >= 15 is 0 Å². The Bertz CT molecular complexity index is 883. The van der Waals surface area contributed by atoms with E-state index in [1.165, 1.54) is 26.2 Å². The summed E-state index contributed by atoms with van der Waals surface area (Å²) in [5, 5.41) is 2.51. The summed E-state index contributed by atoms with van der Waals surface area (Å²) in [4.78, 5) is 12.0. The lowest BCUT2D eigenvalue weighted by molar-refractivity contribution is 0.0950. The van der Waals surface area contributed by atoms with Gasteiger partial charge in [-0.3, -0.25) is 4.79 Å². The zero-order valence-corrected chi connectivity index (χ0v) is 14.6. The first-order chi connectivity index (χ1) is 11.7. The normalized spacial score (nSPS) is 11.6. The van der Waals surface area contributed by atoms with E-state index in [1.54, 1.807) is 12.1 Å². The molecule has 0 spiro atoms. The molecule has 0 heterocycles. The highest BCUT2D eigenvalue weighted by Crippen LogP contribution is 2.17. The van der Waals surface area contributed by atoms with Crippen molar-refractivity contribution in [2.24, 2.45) is 0 Å². The Morgan fingerprint density at radius 2 is 1.84 bits per heavy atom. The largest absolute Gasteiger partial charge is 0.352 e. The Balaban J connectivity index is 2.11. The van der Waals surface area contributed by atoms with Crippen molar-refractivity contribution >= 4 is 15.9 Å². The number of carbonyl (C=O) groups is 1. The first kappa shape index (κ1) is 19.0. The van der Waals surface area contributed by atoms with Gasteiger partial charge in [0.15, 0.2) is 0 Å². The summed E-state index contributed by atoms with van der Waals surface area (Å²) >= 11 is 0. The molecule has 0 saturated carbocycles. The standard InChI is InChI=1S/C17H18F2N2O3S/c1-21(2)25(23,24)14-6-7-16(19)15(11-14)17(22)20-9-8-12-4-3-5-13(18)10-12/h3-7,10-11H,8-9H2,1-2H3,(H,20,22). The molecule has 1 N–H and O–H groups in total. The van der Waals surface area contributed by atoms with E-state index in [4.69, 9.17) is 0 Å². The van der Waals surface area contributed by atoms with E-state index < -0.39 is 21.7 Å². The van der Waals surface area contributed by atoms with E-state index in [0.717, 1.165) is 22.5 Å². The summed E-state index contributed by atoms with van der Waals surface area (Å²) in [7, 11) is -1.08. The molecule has 2 rings (SSSR count). The Hall–Kier alpha value is -2.32. The van der Waals surface area contributed by atoms with Crippen LogP contribution in [0.3, 0.4) is 0 Å². The summed E-state index contributed by atoms with van der Waals surface area (Å²) in [6.07, 6.45) is 0.362. The molecule has 1 amide bonds. The minimum Gasteiger partial charge on any atom is -0.352 e. The maximum atomic E-state index is 13.9. The van der Waals surface area contributed by atoms with Gasteiger partial charge in [0.1, 0.15) is 11.6 Å². The summed E-state index contributed by atoms with van der Waals surface area (Å²) < 4.78 is 52.1. The molecule has 0 atom stereocenters. The third-order valence-corrected chi connectivity index (χ3v) is 5.36. The second kappa shape index (κ2) is 7.71. The molecule has 0 aliphatic heterocycles. The van der Waals surface area contributed by atoms with Crippen molar-refractivity contribution in [3.05, 3.63) is 65.2 Å². The number of carbonyl (C=O) groups excluding carboxylic acids is 1. The van der Waals surface area contributed by atoms with Crippen LogP contribution in [0.4, 0.5) is 8.78 Å². The van der Waals surface area contributed by atoms with Crippen molar-refractivity contribution in [2.45, 2.75) is 11.3 Å². The highest BCUT2D eigenvalue weighted by Gasteiger charge is 2.21. The predicted octanol–water partition coefficient (Wildman–Crippen LogP) is 2.19. The van der Waals surface area contributed by atoms with Crippen molar-refractivity contribution in [1.82, 2.24) is 9.62 Å². The molecule has 0 aliphatic carbocycles. The maximum absolute atomic E-state index is 13.9. The second-order valence-electron chi connectivity index (χ2n) is 5.56. The van der Waals surface area contributed by atoms with E-state index in [1.807, 2.05) is 0 Å². The molecule has 0 aliphatic rings. The van der Waals surface area contributed by atoms with Gasteiger partial charge in [-0.2, -0.15) is 0 Å². The fourth-order valence-corrected chi connectivity index (χ4v) is 3.09. The lowest BCUT2D eigenvalue weighted by Gasteiger charge is -2.13. The molecule has 8 heteroatoms. The lowest BCUT2D eigenvalue weighted by atomic mass is 10.1. The number of hydrogen-bond acceptors (Lipinski definition) is 3. The van der Waals surface area contributed by atoms with Gasteiger partial charge in [-0.05, 0) is 42.3 Å². The molecular weight excluding hydrogens is 350 g/mol. The molecule has 25 heavy (non-hydrogen) atoms. The van der Waals surface area contributed by atoms with Crippen molar-refractivity contribution in [1.29, 1.82) is 0 Å². The molecule has 134 valence electrons. The van der Waals surface area contributed by atoms with E-state index in [0.29, 0.717) is 12.0 Å². The van der Waals surface area contributed by atoms with Crippen LogP contribution in [-0.4, -0.2) is 39.3 Å². The summed E-state index contributed by atoms with van der Waals surface area (Å²) in [6.45, 7) is 0.159. The highest BCUT2D eigenvalue weighted by atomic mass is 32.2. The first-order valence-electron chi connectivity index (χ1n) is 7.46. The van der Waals surface area contributed by atoms with Gasteiger partial charge in [0.05, 0.1) is 10.5 Å². The number of hydrogen-bond donors (Lipinski definition) is 1. The van der Waals surface area contributed by atoms with Gasteiger partial charge in [-0.1, -0.05) is 12.1 Å². The monoisotopic (exact) mass is 368 g/mol. The van der Waals surface area contributed by atoms with Crippen molar-refractivity contribution in [3.8, 4) is 0 Å². The second-order valence-corrected chi connectivity index (χ2v) is 7.72. The summed E-state index contributed by atoms with van der Waals surface area (Å²) in [6, 6.07) is 8.97. The highest BCUT2D eigenvalue weighted by molar-refractivity contribution is 7.89. The average molecular weight is 368 g/mol. The third-order valence-electron chi connectivity index (χ3n) is 3.55. The molecular formula is C17H18F2N2O3S. The third kappa shape index (κ3) is 4.61. The maximum Gasteiger partial charge on any atom is 0.254 e. The SMILES string of the molecule is CN(C)S(=O)(=O)c1ccc(F)c(C(=O)NCCc2cccc(F)c2)c1. The van der Waals surface area contributed by atoms with Crippen LogP contribution in [0, 0.1) is 11.6 Å². The number of halogens is 2. The fraction of sp³-hybridized carbons (Fsp3) is 0.235. The number of sulfonamides is 1. The molecule has 5 nitrogen and oxygen atoms in total. The fourth-order valence-electron chi connectivity index (χ4n) is 2.16. The van der Waals surface area contributed by atoms with Crippen LogP contribution in [-0.2, 0) is 16.4 Å². The van der Waals surface area contributed by atoms with Crippen LogP contribution in [0.1, 0.15) is 15.9 Å². The van der Waals surface area contributed by atoms with Crippen LogP contribution < -0.4 is 5.32 Å². The van der Waals surface area contributed by atoms with E-state index in [2.05, 4.69) is 5.32 Å². The van der Waals surface area contributed by atoms with Gasteiger partial charge in [0, 0.05) is 20.6 Å². The zero-order valence-electron chi connectivity index (χ0n) is 13.8. The van der Waals surface area contributed by atoms with Gasteiger partial charge in [0.2, 0.25) is 10.0 Å². The van der Waals surface area contributed by atoms with Gasteiger partial charge in [-0.15, -0.1) is 0 Å². The summed E-state index contributed by atoms with van der Waals surface area (Å²) in [5.74, 6) is -1.93. The Kier molecular flexibility index (Phi) is 5.86. The van der Waals surface area contributed by atoms with Crippen LogP contribution in [0.25, 0.3) is 0 Å². The van der Waals surface area contributed by atoms with E-state index in [-0.39, 0.29) is 22.8 Å². The van der Waals surface area contributed by atoms with E-state index in [9.17, 15) is 22.0 Å². The average Bonchev–Trinajstić information content (AvgIpc) is 2.54. The molecule has 2 aromatic rings. The van der Waals surface area contributed by atoms with Crippen molar-refractivity contribution in [2.75, 3.05) is 20.6 Å². The molecule has 2 aromatic carbocycles. The Morgan fingerprint density at radius 3 is 2.48 bits per heavy atom. The van der Waals surface area contributed by atoms with Gasteiger partial charge in [-0.25, -0.2) is 21.5 Å². The Labute approximate surface area is 145 Å². The van der Waals surface area contributed by atoms with Crippen LogP contribution in [0.2, 0.25) is 0 Å². The zero-order chi connectivity index (χ0) is 18.6. The molecule has 0 bridgehead atoms. The molecule has 0 fully saturated rings. The predicted molar refractivity (Wildman–Crippen MR) is 89.7 cm³/mol. The Morgan fingerprint density at radius 1 is 1.12 bits per heavy atom. The first-order valence-corrected chi connectivity index (χ1v) is 8.90. The van der Waals surface area contributed by atoms with Gasteiger partial charge >= 0.3 is 0 Å². The molecule has 0 radical (unpaired) electrons. The smallest absolute Gasteiger partial charge is 0.254 e.